The summed E-state index contributed by atoms with van der Waals surface area (Å²) in [4.78, 5) is 15.2. The van der Waals surface area contributed by atoms with E-state index < -0.39 is 0 Å². The molecule has 2 aromatic rings. The second kappa shape index (κ2) is 9.46. The number of pyridine rings is 1. The molecule has 1 amide bonds. The molecular weight excluding hydrogens is 332 g/mol. The SMILES string of the molecule is C=CCc1ccc(Oc2ccc(OCC(C)NC(C)=O)nc2)c(OC)c1. The first-order chi connectivity index (χ1) is 12.5. The third-order valence-corrected chi connectivity index (χ3v) is 3.48. The summed E-state index contributed by atoms with van der Waals surface area (Å²) >= 11 is 0. The third-order valence-electron chi connectivity index (χ3n) is 3.48. The first kappa shape index (κ1) is 19.3. The fourth-order valence-electron chi connectivity index (χ4n) is 2.33. The largest absolute Gasteiger partial charge is 0.493 e. The highest BCUT2D eigenvalue weighted by atomic mass is 16.5. The number of benzene rings is 1. The van der Waals surface area contributed by atoms with Crippen molar-refractivity contribution in [3.8, 4) is 23.1 Å². The van der Waals surface area contributed by atoms with Crippen LogP contribution in [0.3, 0.4) is 0 Å². The van der Waals surface area contributed by atoms with E-state index in [1.807, 2.05) is 31.2 Å². The molecule has 0 aliphatic rings. The van der Waals surface area contributed by atoms with E-state index >= 15 is 0 Å². The van der Waals surface area contributed by atoms with E-state index in [1.165, 1.54) is 6.92 Å². The number of amides is 1. The van der Waals surface area contributed by atoms with E-state index in [0.29, 0.717) is 29.7 Å². The highest BCUT2D eigenvalue weighted by Crippen LogP contribution is 2.32. The molecular formula is C20H24N2O4. The van der Waals surface area contributed by atoms with Gasteiger partial charge in [-0.2, -0.15) is 0 Å². The van der Waals surface area contributed by atoms with Crippen molar-refractivity contribution >= 4 is 5.91 Å². The lowest BCUT2D eigenvalue weighted by molar-refractivity contribution is -0.119. The Morgan fingerprint density at radius 2 is 2.12 bits per heavy atom. The first-order valence-electron chi connectivity index (χ1n) is 8.33. The van der Waals surface area contributed by atoms with Gasteiger partial charge in [-0.1, -0.05) is 12.1 Å². The van der Waals surface area contributed by atoms with Gasteiger partial charge in [0.15, 0.2) is 11.5 Å². The van der Waals surface area contributed by atoms with E-state index in [2.05, 4.69) is 16.9 Å². The summed E-state index contributed by atoms with van der Waals surface area (Å²) in [5.74, 6) is 2.19. The van der Waals surface area contributed by atoms with Gasteiger partial charge in [0.1, 0.15) is 12.4 Å². The lowest BCUT2D eigenvalue weighted by Gasteiger charge is -2.14. The lowest BCUT2D eigenvalue weighted by atomic mass is 10.1. The summed E-state index contributed by atoms with van der Waals surface area (Å²) in [6.45, 7) is 7.41. The van der Waals surface area contributed by atoms with Crippen molar-refractivity contribution in [3.05, 3.63) is 54.7 Å². The molecule has 0 saturated heterocycles. The number of hydrogen-bond donors (Lipinski definition) is 1. The summed E-state index contributed by atoms with van der Waals surface area (Å²) in [7, 11) is 1.60. The summed E-state index contributed by atoms with van der Waals surface area (Å²) in [5.41, 5.74) is 1.10. The number of methoxy groups -OCH3 is 1. The van der Waals surface area contributed by atoms with Crippen molar-refractivity contribution in [1.82, 2.24) is 10.3 Å². The van der Waals surface area contributed by atoms with E-state index in [1.54, 1.807) is 25.4 Å². The van der Waals surface area contributed by atoms with Gasteiger partial charge in [0.25, 0.3) is 0 Å². The Morgan fingerprint density at radius 1 is 1.31 bits per heavy atom. The van der Waals surface area contributed by atoms with Crippen LogP contribution in [0.5, 0.6) is 23.1 Å². The molecule has 0 radical (unpaired) electrons. The van der Waals surface area contributed by atoms with E-state index in [4.69, 9.17) is 14.2 Å². The number of hydrogen-bond acceptors (Lipinski definition) is 5. The van der Waals surface area contributed by atoms with Gasteiger partial charge >= 0.3 is 0 Å². The van der Waals surface area contributed by atoms with Gasteiger partial charge in [-0.3, -0.25) is 4.79 Å². The molecule has 1 aromatic heterocycles. The summed E-state index contributed by atoms with van der Waals surface area (Å²) in [6.07, 6.45) is 4.18. The predicted molar refractivity (Wildman–Crippen MR) is 100.0 cm³/mol. The van der Waals surface area contributed by atoms with Crippen LogP contribution in [0.15, 0.2) is 49.2 Å². The molecule has 1 atom stereocenters. The normalized spacial score (nSPS) is 11.3. The van der Waals surface area contributed by atoms with Gasteiger partial charge in [-0.25, -0.2) is 4.98 Å². The predicted octanol–water partition coefficient (Wildman–Crippen LogP) is 3.51. The number of carbonyl (C=O) groups is 1. The van der Waals surface area contributed by atoms with Gasteiger partial charge in [-0.15, -0.1) is 6.58 Å². The molecule has 26 heavy (non-hydrogen) atoms. The van der Waals surface area contributed by atoms with Gasteiger partial charge in [0, 0.05) is 13.0 Å². The molecule has 0 aliphatic carbocycles. The van der Waals surface area contributed by atoms with E-state index in [-0.39, 0.29) is 11.9 Å². The van der Waals surface area contributed by atoms with Gasteiger partial charge in [0.2, 0.25) is 11.8 Å². The summed E-state index contributed by atoms with van der Waals surface area (Å²) in [6, 6.07) is 9.14. The van der Waals surface area contributed by atoms with Crippen molar-refractivity contribution in [2.24, 2.45) is 0 Å². The van der Waals surface area contributed by atoms with Crippen LogP contribution in [-0.4, -0.2) is 30.6 Å². The zero-order valence-electron chi connectivity index (χ0n) is 15.3. The van der Waals surface area contributed by atoms with Crippen LogP contribution < -0.4 is 19.5 Å². The highest BCUT2D eigenvalue weighted by Gasteiger charge is 2.08. The fraction of sp³-hybridized carbons (Fsp3) is 0.300. The molecule has 1 N–H and O–H groups in total. The molecule has 138 valence electrons. The average Bonchev–Trinajstić information content (AvgIpc) is 2.62. The van der Waals surface area contributed by atoms with Gasteiger partial charge in [0.05, 0.1) is 19.3 Å². The maximum absolute atomic E-state index is 11.0. The molecule has 6 nitrogen and oxygen atoms in total. The first-order valence-corrected chi connectivity index (χ1v) is 8.33. The molecule has 0 bridgehead atoms. The number of allylic oxidation sites excluding steroid dienone is 1. The Labute approximate surface area is 153 Å². The number of ether oxygens (including phenoxy) is 3. The fourth-order valence-corrected chi connectivity index (χ4v) is 2.33. The zero-order chi connectivity index (χ0) is 18.9. The highest BCUT2D eigenvalue weighted by molar-refractivity contribution is 5.73. The maximum Gasteiger partial charge on any atom is 0.217 e. The van der Waals surface area contributed by atoms with Gasteiger partial charge in [-0.05, 0) is 37.1 Å². The Balaban J connectivity index is 1.98. The number of nitrogens with one attached hydrogen (secondary N) is 1. The van der Waals surface area contributed by atoms with Crippen LogP contribution in [0.4, 0.5) is 0 Å². The molecule has 2 rings (SSSR count). The second-order valence-corrected chi connectivity index (χ2v) is 5.82. The van der Waals surface area contributed by atoms with Crippen molar-refractivity contribution < 1.29 is 19.0 Å². The molecule has 1 aromatic carbocycles. The minimum absolute atomic E-state index is 0.0918. The average molecular weight is 356 g/mol. The second-order valence-electron chi connectivity index (χ2n) is 5.82. The van der Waals surface area contributed by atoms with Crippen molar-refractivity contribution in [1.29, 1.82) is 0 Å². The van der Waals surface area contributed by atoms with Crippen LogP contribution >= 0.6 is 0 Å². The maximum atomic E-state index is 11.0. The van der Waals surface area contributed by atoms with Crippen LogP contribution in [0.1, 0.15) is 19.4 Å². The van der Waals surface area contributed by atoms with Crippen molar-refractivity contribution in [2.75, 3.05) is 13.7 Å². The Hall–Kier alpha value is -3.02. The van der Waals surface area contributed by atoms with Crippen LogP contribution in [0.25, 0.3) is 0 Å². The monoisotopic (exact) mass is 356 g/mol. The number of rotatable bonds is 9. The van der Waals surface area contributed by atoms with Gasteiger partial charge < -0.3 is 19.5 Å². The number of nitrogens with zero attached hydrogens (tertiary/aromatic N) is 1. The Morgan fingerprint density at radius 3 is 2.73 bits per heavy atom. The van der Waals surface area contributed by atoms with E-state index in [9.17, 15) is 4.79 Å². The minimum Gasteiger partial charge on any atom is -0.493 e. The topological polar surface area (TPSA) is 69.7 Å². The van der Waals surface area contributed by atoms with Crippen LogP contribution in [0, 0.1) is 0 Å². The minimum atomic E-state index is -0.0939. The standard InChI is InChI=1S/C20H24N2O4/c1-5-6-16-7-9-18(19(11-16)24-4)26-17-8-10-20(21-12-17)25-13-14(2)22-15(3)23/h5,7-12,14H,1,6,13H2,2-4H3,(H,22,23). The van der Waals surface area contributed by atoms with Crippen LogP contribution in [-0.2, 0) is 11.2 Å². The molecule has 0 saturated carbocycles. The van der Waals surface area contributed by atoms with Crippen molar-refractivity contribution in [3.63, 3.8) is 0 Å². The smallest absolute Gasteiger partial charge is 0.217 e. The molecule has 1 heterocycles. The Bertz CT molecular complexity index is 744. The summed E-state index contributed by atoms with van der Waals surface area (Å²) < 4.78 is 16.8. The number of aromatic nitrogens is 1. The molecule has 0 aliphatic heterocycles. The Kier molecular flexibility index (Phi) is 7.02. The quantitative estimate of drug-likeness (QED) is 0.696. The number of carbonyl (C=O) groups excluding carboxylic acids is 1. The molecule has 6 heteroatoms. The summed E-state index contributed by atoms with van der Waals surface area (Å²) in [5, 5.41) is 2.75. The molecule has 0 fully saturated rings. The molecule has 0 spiro atoms. The zero-order valence-corrected chi connectivity index (χ0v) is 15.3. The van der Waals surface area contributed by atoms with Crippen LogP contribution in [0.2, 0.25) is 0 Å². The van der Waals surface area contributed by atoms with E-state index in [0.717, 1.165) is 12.0 Å². The molecule has 1 unspecified atom stereocenters. The van der Waals surface area contributed by atoms with Crippen molar-refractivity contribution in [2.45, 2.75) is 26.3 Å². The third kappa shape index (κ3) is 5.81. The lowest BCUT2D eigenvalue weighted by Crippen LogP contribution is -2.35.